The number of carbonyl (C=O) groups excluding carboxylic acids is 1. The van der Waals surface area contributed by atoms with Crippen molar-refractivity contribution in [3.05, 3.63) is 29.8 Å². The van der Waals surface area contributed by atoms with Crippen LogP contribution in [0.15, 0.2) is 24.3 Å². The van der Waals surface area contributed by atoms with Gasteiger partial charge in [-0.3, -0.25) is 4.79 Å². The van der Waals surface area contributed by atoms with E-state index < -0.39 is 0 Å². The van der Waals surface area contributed by atoms with Crippen molar-refractivity contribution >= 4 is 11.6 Å². The van der Waals surface area contributed by atoms with Crippen LogP contribution in [0.2, 0.25) is 0 Å². The molecule has 1 saturated heterocycles. The van der Waals surface area contributed by atoms with Gasteiger partial charge < -0.3 is 9.80 Å². The summed E-state index contributed by atoms with van der Waals surface area (Å²) in [6.45, 7) is 4.25. The fourth-order valence-electron chi connectivity index (χ4n) is 3.53. The van der Waals surface area contributed by atoms with Gasteiger partial charge in [0.1, 0.15) is 0 Å². The maximum Gasteiger partial charge on any atom is 0.227 e. The van der Waals surface area contributed by atoms with Crippen molar-refractivity contribution in [3.63, 3.8) is 0 Å². The summed E-state index contributed by atoms with van der Waals surface area (Å²) >= 11 is 0. The molecule has 0 unspecified atom stereocenters. The molecule has 0 aliphatic carbocycles. The van der Waals surface area contributed by atoms with Crippen LogP contribution in [-0.4, -0.2) is 37.0 Å². The molecule has 1 aromatic rings. The van der Waals surface area contributed by atoms with E-state index in [1.54, 1.807) is 0 Å². The van der Waals surface area contributed by atoms with Gasteiger partial charge in [-0.25, -0.2) is 0 Å². The fraction of sp³-hybridized carbons (Fsp3) is 0.611. The molecular formula is C18H26N2O. The Morgan fingerprint density at radius 1 is 0.857 bits per heavy atom. The van der Waals surface area contributed by atoms with Crippen LogP contribution in [0.25, 0.3) is 0 Å². The Morgan fingerprint density at radius 3 is 2.43 bits per heavy atom. The minimum absolute atomic E-state index is 0.301. The molecule has 3 nitrogen and oxygen atoms in total. The molecule has 0 atom stereocenters. The second kappa shape index (κ2) is 7.08. The second-order valence-corrected chi connectivity index (χ2v) is 6.28. The molecule has 0 aromatic heterocycles. The molecule has 0 N–H and O–H groups in total. The van der Waals surface area contributed by atoms with Gasteiger partial charge >= 0.3 is 0 Å². The number of likely N-dealkylation sites (tertiary alicyclic amines) is 1. The van der Waals surface area contributed by atoms with Crippen molar-refractivity contribution in [2.24, 2.45) is 0 Å². The first-order chi connectivity index (χ1) is 10.3. The van der Waals surface area contributed by atoms with Crippen molar-refractivity contribution in [3.8, 4) is 0 Å². The summed E-state index contributed by atoms with van der Waals surface area (Å²) in [6, 6.07) is 8.42. The number of nitrogens with zero attached hydrogens (tertiary/aromatic N) is 2. The number of aryl methyl sites for hydroxylation is 1. The van der Waals surface area contributed by atoms with E-state index in [4.69, 9.17) is 0 Å². The lowest BCUT2D eigenvalue weighted by Crippen LogP contribution is -2.39. The lowest BCUT2D eigenvalue weighted by atomic mass is 10.1. The van der Waals surface area contributed by atoms with Crippen molar-refractivity contribution in [1.82, 2.24) is 4.90 Å². The largest absolute Gasteiger partial charge is 0.311 e. The summed E-state index contributed by atoms with van der Waals surface area (Å²) in [5.41, 5.74) is 2.48. The Balaban J connectivity index is 1.69. The van der Waals surface area contributed by atoms with Crippen LogP contribution in [0.1, 0.15) is 44.1 Å². The zero-order valence-electron chi connectivity index (χ0n) is 12.9. The van der Waals surface area contributed by atoms with Gasteiger partial charge in [-0.2, -0.15) is 0 Å². The van der Waals surface area contributed by atoms with Gasteiger partial charge in [-0.15, -0.1) is 0 Å². The molecule has 0 spiro atoms. The number of para-hydroxylation sites is 1. The minimum Gasteiger partial charge on any atom is -0.311 e. The zero-order valence-corrected chi connectivity index (χ0v) is 12.9. The normalized spacial score (nSPS) is 20.8. The topological polar surface area (TPSA) is 23.6 Å². The van der Waals surface area contributed by atoms with Gasteiger partial charge in [0.15, 0.2) is 0 Å². The highest BCUT2D eigenvalue weighted by molar-refractivity contribution is 5.94. The van der Waals surface area contributed by atoms with Gasteiger partial charge in [-0.05, 0) is 50.4 Å². The molecule has 114 valence electrons. The van der Waals surface area contributed by atoms with Crippen LogP contribution < -0.4 is 4.90 Å². The zero-order chi connectivity index (χ0) is 14.5. The van der Waals surface area contributed by atoms with E-state index in [1.165, 1.54) is 44.3 Å². The molecule has 2 aliphatic heterocycles. The molecule has 3 heteroatoms. The molecule has 21 heavy (non-hydrogen) atoms. The highest BCUT2D eigenvalue weighted by Gasteiger charge is 2.22. The molecule has 3 rings (SSSR count). The highest BCUT2D eigenvalue weighted by Crippen LogP contribution is 2.26. The molecule has 2 heterocycles. The Bertz CT molecular complexity index is 478. The number of benzene rings is 1. The molecular weight excluding hydrogens is 260 g/mol. The monoisotopic (exact) mass is 286 g/mol. The highest BCUT2D eigenvalue weighted by atomic mass is 16.2. The SMILES string of the molecule is O=C1CCCc2ccccc2N1CCN1CCCCCC1. The van der Waals surface area contributed by atoms with Gasteiger partial charge in [0, 0.05) is 25.2 Å². The first-order valence-electron chi connectivity index (χ1n) is 8.45. The molecule has 0 radical (unpaired) electrons. The van der Waals surface area contributed by atoms with Crippen LogP contribution in [0.3, 0.4) is 0 Å². The fourth-order valence-corrected chi connectivity index (χ4v) is 3.53. The number of hydrogen-bond acceptors (Lipinski definition) is 2. The Labute approximate surface area is 127 Å². The van der Waals surface area contributed by atoms with Crippen LogP contribution in [0, 0.1) is 0 Å². The van der Waals surface area contributed by atoms with Crippen LogP contribution >= 0.6 is 0 Å². The summed E-state index contributed by atoms with van der Waals surface area (Å²) in [6.07, 6.45) is 8.05. The summed E-state index contributed by atoms with van der Waals surface area (Å²) < 4.78 is 0. The third kappa shape index (κ3) is 3.65. The number of fused-ring (bicyclic) bond motifs is 1. The minimum atomic E-state index is 0.301. The second-order valence-electron chi connectivity index (χ2n) is 6.28. The standard InChI is InChI=1S/C18H26N2O/c21-18-11-7-9-16-8-3-4-10-17(16)20(18)15-14-19-12-5-1-2-6-13-19/h3-4,8,10H,1-2,5-7,9,11-15H2. The summed E-state index contributed by atoms with van der Waals surface area (Å²) in [5, 5.41) is 0. The van der Waals surface area contributed by atoms with E-state index >= 15 is 0 Å². The van der Waals surface area contributed by atoms with Crippen molar-refractivity contribution in [2.75, 3.05) is 31.1 Å². The van der Waals surface area contributed by atoms with Gasteiger partial charge in [-0.1, -0.05) is 31.0 Å². The molecule has 2 aliphatic rings. The van der Waals surface area contributed by atoms with E-state index in [0.717, 1.165) is 31.6 Å². The van der Waals surface area contributed by atoms with Gasteiger partial charge in [0.25, 0.3) is 0 Å². The number of carbonyl (C=O) groups is 1. The average Bonchev–Trinajstić information content (AvgIpc) is 2.84. The Morgan fingerprint density at radius 2 is 1.62 bits per heavy atom. The summed E-state index contributed by atoms with van der Waals surface area (Å²) in [5.74, 6) is 0.301. The quantitative estimate of drug-likeness (QED) is 0.851. The number of anilines is 1. The first kappa shape index (κ1) is 14.6. The van der Waals surface area contributed by atoms with E-state index in [2.05, 4.69) is 29.2 Å². The maximum atomic E-state index is 12.4. The lowest BCUT2D eigenvalue weighted by Gasteiger charge is -2.27. The van der Waals surface area contributed by atoms with Crippen molar-refractivity contribution in [2.45, 2.75) is 44.9 Å². The predicted octanol–water partition coefficient (Wildman–Crippen LogP) is 3.23. The van der Waals surface area contributed by atoms with Crippen LogP contribution in [0.4, 0.5) is 5.69 Å². The molecule has 1 fully saturated rings. The summed E-state index contributed by atoms with van der Waals surface area (Å²) in [7, 11) is 0. The average molecular weight is 286 g/mol. The lowest BCUT2D eigenvalue weighted by molar-refractivity contribution is -0.118. The Kier molecular flexibility index (Phi) is 4.91. The number of rotatable bonds is 3. The first-order valence-corrected chi connectivity index (χ1v) is 8.45. The molecule has 1 amide bonds. The maximum absolute atomic E-state index is 12.4. The molecule has 0 bridgehead atoms. The molecule has 1 aromatic carbocycles. The molecule has 0 saturated carbocycles. The number of amides is 1. The van der Waals surface area contributed by atoms with Crippen LogP contribution in [0.5, 0.6) is 0 Å². The van der Waals surface area contributed by atoms with Crippen molar-refractivity contribution in [1.29, 1.82) is 0 Å². The van der Waals surface area contributed by atoms with E-state index in [-0.39, 0.29) is 0 Å². The predicted molar refractivity (Wildman–Crippen MR) is 86.6 cm³/mol. The number of hydrogen-bond donors (Lipinski definition) is 0. The van der Waals surface area contributed by atoms with Crippen molar-refractivity contribution < 1.29 is 4.79 Å². The Hall–Kier alpha value is -1.35. The van der Waals surface area contributed by atoms with E-state index in [0.29, 0.717) is 12.3 Å². The van der Waals surface area contributed by atoms with Gasteiger partial charge in [0.05, 0.1) is 0 Å². The third-order valence-electron chi connectivity index (χ3n) is 4.76. The smallest absolute Gasteiger partial charge is 0.227 e. The van der Waals surface area contributed by atoms with Gasteiger partial charge in [0.2, 0.25) is 5.91 Å². The van der Waals surface area contributed by atoms with E-state index in [1.807, 2.05) is 4.90 Å². The van der Waals surface area contributed by atoms with E-state index in [9.17, 15) is 4.79 Å². The third-order valence-corrected chi connectivity index (χ3v) is 4.76. The summed E-state index contributed by atoms with van der Waals surface area (Å²) in [4.78, 5) is 17.0. The van der Waals surface area contributed by atoms with Crippen LogP contribution in [-0.2, 0) is 11.2 Å².